The van der Waals surface area contributed by atoms with Crippen LogP contribution in [0.5, 0.6) is 0 Å². The minimum Gasteiger partial charge on any atom is -0.207 e. The number of halogens is 4. The van der Waals surface area contributed by atoms with Gasteiger partial charge in [-0.05, 0) is 28.8 Å². The van der Waals surface area contributed by atoms with Crippen molar-refractivity contribution in [2.45, 2.75) is 11.8 Å². The second-order valence-corrected chi connectivity index (χ2v) is 5.32. The summed E-state index contributed by atoms with van der Waals surface area (Å²) in [6.07, 6.45) is 0. The van der Waals surface area contributed by atoms with E-state index in [1.807, 2.05) is 17.7 Å². The molecule has 0 aliphatic carbocycles. The molecule has 0 saturated heterocycles. The van der Waals surface area contributed by atoms with E-state index in [1.54, 1.807) is 0 Å². The Hall–Kier alpha value is -0.810. The van der Waals surface area contributed by atoms with Crippen LogP contribution in [0.2, 0.25) is 0 Å². The lowest BCUT2D eigenvalue weighted by molar-refractivity contribution is 0.527. The SMILES string of the molecule is Cc1cscc1C(Br)c1c(F)cc(F)cc1F. The molecular formula is C12H8BrF3S. The minimum atomic E-state index is -0.912. The van der Waals surface area contributed by atoms with Crippen LogP contribution >= 0.6 is 27.3 Å². The van der Waals surface area contributed by atoms with E-state index in [1.165, 1.54) is 11.3 Å². The second-order valence-electron chi connectivity index (χ2n) is 3.66. The van der Waals surface area contributed by atoms with Crippen molar-refractivity contribution in [1.82, 2.24) is 0 Å². The van der Waals surface area contributed by atoms with Gasteiger partial charge >= 0.3 is 0 Å². The Bertz CT molecular complexity index is 527. The van der Waals surface area contributed by atoms with Gasteiger partial charge in [-0.25, -0.2) is 13.2 Å². The second kappa shape index (κ2) is 4.82. The van der Waals surface area contributed by atoms with Crippen LogP contribution in [-0.2, 0) is 0 Å². The van der Waals surface area contributed by atoms with E-state index in [0.29, 0.717) is 12.1 Å². The average Bonchev–Trinajstić information content (AvgIpc) is 2.62. The highest BCUT2D eigenvalue weighted by Gasteiger charge is 2.22. The molecule has 1 aromatic carbocycles. The first-order valence-electron chi connectivity index (χ1n) is 4.82. The zero-order chi connectivity index (χ0) is 12.6. The Kier molecular flexibility index (Phi) is 3.58. The Balaban J connectivity index is 2.51. The van der Waals surface area contributed by atoms with Crippen molar-refractivity contribution in [1.29, 1.82) is 0 Å². The predicted octanol–water partition coefficient (Wildman–Crippen LogP) is 4.96. The zero-order valence-corrected chi connectivity index (χ0v) is 11.2. The summed E-state index contributed by atoms with van der Waals surface area (Å²) in [6, 6.07) is 1.38. The Morgan fingerprint density at radius 3 is 2.18 bits per heavy atom. The summed E-state index contributed by atoms with van der Waals surface area (Å²) in [4.78, 5) is -0.602. The van der Waals surface area contributed by atoms with Gasteiger partial charge in [-0.1, -0.05) is 15.9 Å². The van der Waals surface area contributed by atoms with Gasteiger partial charge in [0.2, 0.25) is 0 Å². The number of hydrogen-bond acceptors (Lipinski definition) is 1. The summed E-state index contributed by atoms with van der Waals surface area (Å²) < 4.78 is 40.0. The molecule has 0 fully saturated rings. The monoisotopic (exact) mass is 320 g/mol. The van der Waals surface area contributed by atoms with Crippen LogP contribution in [0.25, 0.3) is 0 Å². The number of aryl methyl sites for hydroxylation is 1. The van der Waals surface area contributed by atoms with Gasteiger partial charge in [-0.15, -0.1) is 0 Å². The van der Waals surface area contributed by atoms with E-state index in [0.717, 1.165) is 11.1 Å². The first kappa shape index (κ1) is 12.6. The molecule has 1 unspecified atom stereocenters. The summed E-state index contributed by atoms with van der Waals surface area (Å²) in [6.45, 7) is 1.86. The summed E-state index contributed by atoms with van der Waals surface area (Å²) in [5.74, 6) is -2.67. The van der Waals surface area contributed by atoms with Crippen LogP contribution in [0.3, 0.4) is 0 Å². The molecule has 0 nitrogen and oxygen atoms in total. The van der Waals surface area contributed by atoms with E-state index in [2.05, 4.69) is 15.9 Å². The van der Waals surface area contributed by atoms with Crippen molar-refractivity contribution in [3.63, 3.8) is 0 Å². The Morgan fingerprint density at radius 1 is 1.12 bits per heavy atom. The van der Waals surface area contributed by atoms with Crippen LogP contribution in [0.1, 0.15) is 21.5 Å². The first-order valence-corrected chi connectivity index (χ1v) is 6.67. The molecule has 0 N–H and O–H groups in total. The number of alkyl halides is 1. The van der Waals surface area contributed by atoms with Crippen molar-refractivity contribution >= 4 is 27.3 Å². The van der Waals surface area contributed by atoms with Crippen molar-refractivity contribution in [3.8, 4) is 0 Å². The van der Waals surface area contributed by atoms with Crippen LogP contribution in [0.4, 0.5) is 13.2 Å². The molecule has 17 heavy (non-hydrogen) atoms. The molecule has 0 bridgehead atoms. The lowest BCUT2D eigenvalue weighted by Gasteiger charge is -2.12. The van der Waals surface area contributed by atoms with E-state index in [-0.39, 0.29) is 5.56 Å². The van der Waals surface area contributed by atoms with Gasteiger partial charge in [-0.2, -0.15) is 11.3 Å². The van der Waals surface area contributed by atoms with Gasteiger partial charge in [0, 0.05) is 17.7 Å². The summed E-state index contributed by atoms with van der Waals surface area (Å²) in [7, 11) is 0. The number of thiophene rings is 1. The number of rotatable bonds is 2. The molecular weight excluding hydrogens is 313 g/mol. The molecule has 0 saturated carbocycles. The van der Waals surface area contributed by atoms with Crippen molar-refractivity contribution in [3.05, 3.63) is 57.0 Å². The maximum atomic E-state index is 13.6. The summed E-state index contributed by atoms with van der Waals surface area (Å²) in [5, 5.41) is 3.71. The molecule has 0 radical (unpaired) electrons. The Morgan fingerprint density at radius 2 is 1.71 bits per heavy atom. The molecule has 1 aromatic heterocycles. The van der Waals surface area contributed by atoms with Gasteiger partial charge in [0.25, 0.3) is 0 Å². The van der Waals surface area contributed by atoms with E-state index >= 15 is 0 Å². The van der Waals surface area contributed by atoms with Gasteiger partial charge in [0.1, 0.15) is 17.5 Å². The molecule has 0 amide bonds. The van der Waals surface area contributed by atoms with Gasteiger partial charge in [-0.3, -0.25) is 0 Å². The topological polar surface area (TPSA) is 0 Å². The smallest absolute Gasteiger partial charge is 0.133 e. The third kappa shape index (κ3) is 2.40. The summed E-state index contributed by atoms with van der Waals surface area (Å²) in [5.41, 5.74) is 1.58. The minimum absolute atomic E-state index is 0.159. The van der Waals surface area contributed by atoms with E-state index < -0.39 is 22.3 Å². The highest BCUT2D eigenvalue weighted by molar-refractivity contribution is 9.09. The van der Waals surface area contributed by atoms with Crippen molar-refractivity contribution in [2.24, 2.45) is 0 Å². The van der Waals surface area contributed by atoms with E-state index in [4.69, 9.17) is 0 Å². The fraction of sp³-hybridized carbons (Fsp3) is 0.167. The van der Waals surface area contributed by atoms with Crippen LogP contribution < -0.4 is 0 Å². The zero-order valence-electron chi connectivity index (χ0n) is 8.81. The fourth-order valence-corrected chi connectivity index (χ4v) is 3.56. The predicted molar refractivity (Wildman–Crippen MR) is 66.1 cm³/mol. The van der Waals surface area contributed by atoms with Crippen molar-refractivity contribution < 1.29 is 13.2 Å². The highest BCUT2D eigenvalue weighted by atomic mass is 79.9. The Labute approximate surface area is 109 Å². The van der Waals surface area contributed by atoms with Gasteiger partial charge < -0.3 is 0 Å². The average molecular weight is 321 g/mol. The lowest BCUT2D eigenvalue weighted by Crippen LogP contribution is -2.02. The maximum Gasteiger partial charge on any atom is 0.133 e. The number of hydrogen-bond donors (Lipinski definition) is 0. The molecule has 0 spiro atoms. The third-order valence-corrected chi connectivity index (χ3v) is 4.30. The van der Waals surface area contributed by atoms with Crippen molar-refractivity contribution in [2.75, 3.05) is 0 Å². The maximum absolute atomic E-state index is 13.6. The molecule has 2 aromatic rings. The van der Waals surface area contributed by atoms with Crippen LogP contribution in [0, 0.1) is 24.4 Å². The summed E-state index contributed by atoms with van der Waals surface area (Å²) >= 11 is 4.71. The molecule has 90 valence electrons. The lowest BCUT2D eigenvalue weighted by atomic mass is 10.0. The van der Waals surface area contributed by atoms with Gasteiger partial charge in [0.15, 0.2) is 0 Å². The largest absolute Gasteiger partial charge is 0.207 e. The fourth-order valence-electron chi connectivity index (χ4n) is 1.58. The van der Waals surface area contributed by atoms with Crippen LogP contribution in [-0.4, -0.2) is 0 Å². The molecule has 5 heteroatoms. The highest BCUT2D eigenvalue weighted by Crippen LogP contribution is 2.37. The standard InChI is InChI=1S/C12H8BrF3S/c1-6-4-17-5-8(6)12(13)11-9(15)2-7(14)3-10(11)16/h2-5,12H,1H3. The number of benzene rings is 1. The molecule has 1 heterocycles. The molecule has 0 aliphatic rings. The normalized spacial score (nSPS) is 12.8. The molecule has 2 rings (SSSR count). The quantitative estimate of drug-likeness (QED) is 0.686. The first-order chi connectivity index (χ1) is 8.00. The van der Waals surface area contributed by atoms with E-state index in [9.17, 15) is 13.2 Å². The van der Waals surface area contributed by atoms with Gasteiger partial charge in [0.05, 0.1) is 4.83 Å². The molecule has 0 aliphatic heterocycles. The van der Waals surface area contributed by atoms with Crippen LogP contribution in [0.15, 0.2) is 22.9 Å². The third-order valence-electron chi connectivity index (χ3n) is 2.47. The molecule has 1 atom stereocenters.